The second-order valence-electron chi connectivity index (χ2n) is 7.64. The van der Waals surface area contributed by atoms with Crippen molar-refractivity contribution in [1.29, 1.82) is 0 Å². The van der Waals surface area contributed by atoms with Crippen LogP contribution in [0.1, 0.15) is 65.2 Å². The normalized spacial score (nSPS) is 31.0. The molecular weight excluding hydrogens is 276 g/mol. The molecule has 2 atom stereocenters. The lowest BCUT2D eigenvalue weighted by Gasteiger charge is -2.45. The van der Waals surface area contributed by atoms with Gasteiger partial charge in [-0.15, -0.1) is 0 Å². The number of carbonyl (C=O) groups excluding carboxylic acids is 2. The summed E-state index contributed by atoms with van der Waals surface area (Å²) in [7, 11) is 0. The molecule has 0 aromatic rings. The zero-order valence-corrected chi connectivity index (χ0v) is 14.1. The van der Waals surface area contributed by atoms with E-state index in [-0.39, 0.29) is 23.9 Å². The Hall–Kier alpha value is -1.06. The maximum absolute atomic E-state index is 12.7. The van der Waals surface area contributed by atoms with Crippen LogP contribution in [0.3, 0.4) is 0 Å². The number of nitrogens with zero attached hydrogens (tertiary/aromatic N) is 2. The first-order valence-electron chi connectivity index (χ1n) is 9.19. The zero-order chi connectivity index (χ0) is 15.7. The maximum Gasteiger partial charge on any atom is 0.226 e. The highest BCUT2D eigenvalue weighted by molar-refractivity contribution is 5.82. The van der Waals surface area contributed by atoms with E-state index in [0.717, 1.165) is 38.8 Å². The first-order valence-corrected chi connectivity index (χ1v) is 9.19. The van der Waals surface area contributed by atoms with E-state index in [9.17, 15) is 9.59 Å². The molecule has 3 fully saturated rings. The minimum absolute atomic E-state index is 0.162. The third kappa shape index (κ3) is 3.02. The van der Waals surface area contributed by atoms with Crippen LogP contribution < -0.4 is 0 Å². The molecule has 3 rings (SSSR count). The first kappa shape index (κ1) is 15.8. The van der Waals surface area contributed by atoms with Gasteiger partial charge >= 0.3 is 0 Å². The van der Waals surface area contributed by atoms with Crippen molar-refractivity contribution in [2.75, 3.05) is 13.1 Å². The Morgan fingerprint density at radius 2 is 1.00 bits per heavy atom. The second kappa shape index (κ2) is 6.59. The number of rotatable bonds is 2. The summed E-state index contributed by atoms with van der Waals surface area (Å²) in [5.41, 5.74) is 0. The number of hydrogen-bond donors (Lipinski definition) is 0. The highest BCUT2D eigenvalue weighted by Crippen LogP contribution is 2.31. The monoisotopic (exact) mass is 306 g/mol. The smallest absolute Gasteiger partial charge is 0.226 e. The molecule has 2 aliphatic carbocycles. The van der Waals surface area contributed by atoms with E-state index in [1.54, 1.807) is 0 Å². The van der Waals surface area contributed by atoms with Gasteiger partial charge in [-0.1, -0.05) is 25.7 Å². The van der Waals surface area contributed by atoms with E-state index in [4.69, 9.17) is 0 Å². The predicted molar refractivity (Wildman–Crippen MR) is 86.3 cm³/mol. The predicted octanol–water partition coefficient (Wildman–Crippen LogP) is 2.81. The molecule has 0 bridgehead atoms. The Bertz CT molecular complexity index is 385. The maximum atomic E-state index is 12.7. The minimum Gasteiger partial charge on any atom is -0.336 e. The average Bonchev–Trinajstić information content (AvgIpc) is 3.20. The third-order valence-electron chi connectivity index (χ3n) is 5.96. The van der Waals surface area contributed by atoms with E-state index in [0.29, 0.717) is 11.8 Å². The van der Waals surface area contributed by atoms with Gasteiger partial charge in [-0.05, 0) is 39.5 Å². The number of piperazine rings is 1. The standard InChI is InChI=1S/C18H30N2O2/c1-13-11-20(18(22)16-9-5-6-10-16)14(2)12-19(13)17(21)15-7-3-4-8-15/h13-16H,3-12H2,1-2H3/t13-,14-/m1/s1. The molecule has 2 amide bonds. The minimum atomic E-state index is 0.162. The second-order valence-corrected chi connectivity index (χ2v) is 7.64. The molecule has 22 heavy (non-hydrogen) atoms. The summed E-state index contributed by atoms with van der Waals surface area (Å²) >= 11 is 0. The topological polar surface area (TPSA) is 40.6 Å². The molecule has 3 aliphatic rings. The molecule has 4 heteroatoms. The summed E-state index contributed by atoms with van der Waals surface area (Å²) in [6.07, 6.45) is 9.01. The van der Waals surface area contributed by atoms with E-state index in [1.807, 2.05) is 0 Å². The Labute approximate surface area is 134 Å². The third-order valence-corrected chi connectivity index (χ3v) is 5.96. The van der Waals surface area contributed by atoms with Crippen LogP contribution in [0.25, 0.3) is 0 Å². The summed E-state index contributed by atoms with van der Waals surface area (Å²) in [5.74, 6) is 1.16. The molecule has 1 heterocycles. The number of carbonyl (C=O) groups is 2. The molecule has 0 unspecified atom stereocenters. The molecule has 0 radical (unpaired) electrons. The summed E-state index contributed by atoms with van der Waals surface area (Å²) < 4.78 is 0. The molecular formula is C18H30N2O2. The summed E-state index contributed by atoms with van der Waals surface area (Å²) in [4.78, 5) is 29.5. The fraction of sp³-hybridized carbons (Fsp3) is 0.889. The van der Waals surface area contributed by atoms with Crippen molar-refractivity contribution in [3.05, 3.63) is 0 Å². The summed E-state index contributed by atoms with van der Waals surface area (Å²) in [5, 5.41) is 0. The van der Waals surface area contributed by atoms with Gasteiger partial charge < -0.3 is 9.80 Å². The Balaban J connectivity index is 1.63. The van der Waals surface area contributed by atoms with Crippen molar-refractivity contribution in [3.63, 3.8) is 0 Å². The van der Waals surface area contributed by atoms with E-state index >= 15 is 0 Å². The van der Waals surface area contributed by atoms with E-state index < -0.39 is 0 Å². The molecule has 0 spiro atoms. The molecule has 1 saturated heterocycles. The van der Waals surface area contributed by atoms with Gasteiger partial charge in [-0.2, -0.15) is 0 Å². The average molecular weight is 306 g/mol. The molecule has 1 aliphatic heterocycles. The Kier molecular flexibility index (Phi) is 4.74. The van der Waals surface area contributed by atoms with E-state index in [1.165, 1.54) is 25.7 Å². The van der Waals surface area contributed by atoms with Crippen LogP contribution in [0, 0.1) is 11.8 Å². The van der Waals surface area contributed by atoms with E-state index in [2.05, 4.69) is 23.6 Å². The van der Waals surface area contributed by atoms with Gasteiger partial charge in [0, 0.05) is 37.0 Å². The quantitative estimate of drug-likeness (QED) is 0.787. The van der Waals surface area contributed by atoms with Crippen LogP contribution in [0.2, 0.25) is 0 Å². The number of amides is 2. The van der Waals surface area contributed by atoms with Crippen LogP contribution in [-0.2, 0) is 9.59 Å². The van der Waals surface area contributed by atoms with Gasteiger partial charge in [0.15, 0.2) is 0 Å². The Morgan fingerprint density at radius 3 is 1.32 bits per heavy atom. The zero-order valence-electron chi connectivity index (χ0n) is 14.1. The molecule has 124 valence electrons. The summed E-state index contributed by atoms with van der Waals surface area (Å²) in [6.45, 7) is 5.64. The van der Waals surface area contributed by atoms with Crippen molar-refractivity contribution in [2.45, 2.75) is 77.3 Å². The number of hydrogen-bond acceptors (Lipinski definition) is 2. The van der Waals surface area contributed by atoms with Crippen LogP contribution in [0.4, 0.5) is 0 Å². The lowest BCUT2D eigenvalue weighted by Crippen LogP contribution is -2.61. The van der Waals surface area contributed by atoms with Crippen LogP contribution in [0.5, 0.6) is 0 Å². The van der Waals surface area contributed by atoms with Crippen LogP contribution in [0.15, 0.2) is 0 Å². The first-order chi connectivity index (χ1) is 10.6. The fourth-order valence-corrected chi connectivity index (χ4v) is 4.56. The molecule has 0 aromatic heterocycles. The molecule has 2 saturated carbocycles. The van der Waals surface area contributed by atoms with Crippen molar-refractivity contribution in [2.24, 2.45) is 11.8 Å². The van der Waals surface area contributed by atoms with Gasteiger partial charge in [0.25, 0.3) is 0 Å². The van der Waals surface area contributed by atoms with Crippen LogP contribution in [-0.4, -0.2) is 46.8 Å². The van der Waals surface area contributed by atoms with Gasteiger partial charge in [-0.25, -0.2) is 0 Å². The fourth-order valence-electron chi connectivity index (χ4n) is 4.56. The van der Waals surface area contributed by atoms with Crippen molar-refractivity contribution < 1.29 is 9.59 Å². The highest BCUT2D eigenvalue weighted by Gasteiger charge is 2.39. The largest absolute Gasteiger partial charge is 0.336 e. The lowest BCUT2D eigenvalue weighted by molar-refractivity contribution is -0.150. The molecule has 0 N–H and O–H groups in total. The SMILES string of the molecule is C[C@@H]1CN(C(=O)C2CCCC2)[C@H](C)CN1C(=O)C1CCCC1. The highest BCUT2D eigenvalue weighted by atomic mass is 16.2. The lowest BCUT2D eigenvalue weighted by atomic mass is 9.99. The van der Waals surface area contributed by atoms with Gasteiger partial charge in [0.05, 0.1) is 0 Å². The van der Waals surface area contributed by atoms with Crippen LogP contribution >= 0.6 is 0 Å². The van der Waals surface area contributed by atoms with Gasteiger partial charge in [0.1, 0.15) is 0 Å². The van der Waals surface area contributed by atoms with Crippen molar-refractivity contribution >= 4 is 11.8 Å². The van der Waals surface area contributed by atoms with Crippen molar-refractivity contribution in [1.82, 2.24) is 9.80 Å². The molecule has 4 nitrogen and oxygen atoms in total. The molecule has 0 aromatic carbocycles. The summed E-state index contributed by atoms with van der Waals surface area (Å²) in [6, 6.07) is 0.323. The van der Waals surface area contributed by atoms with Gasteiger partial charge in [-0.3, -0.25) is 9.59 Å². The Morgan fingerprint density at radius 1 is 0.682 bits per heavy atom. The van der Waals surface area contributed by atoms with Crippen molar-refractivity contribution in [3.8, 4) is 0 Å². The van der Waals surface area contributed by atoms with Gasteiger partial charge in [0.2, 0.25) is 11.8 Å².